The molecule has 0 spiro atoms. The van der Waals surface area contributed by atoms with Gasteiger partial charge in [-0.25, -0.2) is 4.39 Å². The molecule has 0 unspecified atom stereocenters. The summed E-state index contributed by atoms with van der Waals surface area (Å²) in [5, 5.41) is 0. The maximum atomic E-state index is 13.9. The van der Waals surface area contributed by atoms with E-state index >= 15 is 0 Å². The molecule has 92 valence electrons. The lowest BCUT2D eigenvalue weighted by Crippen LogP contribution is -2.30. The maximum Gasteiger partial charge on any atom is 0.147 e. The van der Waals surface area contributed by atoms with E-state index in [4.69, 9.17) is 0 Å². The highest BCUT2D eigenvalue weighted by atomic mass is 79.9. The third-order valence-electron chi connectivity index (χ3n) is 3.38. The summed E-state index contributed by atoms with van der Waals surface area (Å²) in [4.78, 5) is 2.10. The highest BCUT2D eigenvalue weighted by Crippen LogP contribution is 2.28. The van der Waals surface area contributed by atoms with E-state index in [-0.39, 0.29) is 5.82 Å². The third-order valence-corrected chi connectivity index (χ3v) is 3.87. The Kier molecular flexibility index (Phi) is 3.08. The Morgan fingerprint density at radius 1 is 1.06 bits per heavy atom. The van der Waals surface area contributed by atoms with Crippen LogP contribution in [0.5, 0.6) is 0 Å². The lowest BCUT2D eigenvalue weighted by Gasteiger charge is -2.31. The van der Waals surface area contributed by atoms with Crippen molar-refractivity contribution in [3.05, 3.63) is 63.9 Å². The van der Waals surface area contributed by atoms with E-state index in [2.05, 4.69) is 39.0 Å². The van der Waals surface area contributed by atoms with Gasteiger partial charge in [-0.05, 0) is 35.7 Å². The van der Waals surface area contributed by atoms with E-state index < -0.39 is 0 Å². The molecule has 0 saturated heterocycles. The van der Waals surface area contributed by atoms with Crippen molar-refractivity contribution >= 4 is 21.6 Å². The predicted molar refractivity (Wildman–Crippen MR) is 75.3 cm³/mol. The molecule has 18 heavy (non-hydrogen) atoms. The summed E-state index contributed by atoms with van der Waals surface area (Å²) in [5.41, 5.74) is 3.37. The van der Waals surface area contributed by atoms with Gasteiger partial charge in [-0.15, -0.1) is 0 Å². The molecule has 1 heterocycles. The Morgan fingerprint density at radius 2 is 1.83 bits per heavy atom. The second kappa shape index (κ2) is 4.73. The van der Waals surface area contributed by atoms with Crippen molar-refractivity contribution < 1.29 is 4.39 Å². The van der Waals surface area contributed by atoms with Crippen LogP contribution in [0.3, 0.4) is 0 Å². The minimum atomic E-state index is -0.163. The molecule has 0 amide bonds. The zero-order chi connectivity index (χ0) is 12.5. The number of hydrogen-bond donors (Lipinski definition) is 0. The fourth-order valence-corrected chi connectivity index (χ4v) is 2.77. The van der Waals surface area contributed by atoms with Gasteiger partial charge in [0.2, 0.25) is 0 Å². The van der Waals surface area contributed by atoms with Gasteiger partial charge in [-0.2, -0.15) is 0 Å². The minimum Gasteiger partial charge on any atom is -0.364 e. The number of nitrogens with zero attached hydrogens (tertiary/aromatic N) is 1. The first-order valence-corrected chi connectivity index (χ1v) is 6.80. The Hall–Kier alpha value is -1.35. The van der Waals surface area contributed by atoms with Crippen LogP contribution in [-0.2, 0) is 13.0 Å². The van der Waals surface area contributed by atoms with Gasteiger partial charge in [0.1, 0.15) is 5.82 Å². The summed E-state index contributed by atoms with van der Waals surface area (Å²) >= 11 is 3.29. The highest BCUT2D eigenvalue weighted by Gasteiger charge is 2.18. The number of rotatable bonds is 1. The standard InChI is InChI=1S/C15H13BrFN/c16-13-5-6-15(14(17)9-13)18-8-7-11-3-1-2-4-12(11)10-18/h1-6,9H,7-8,10H2. The topological polar surface area (TPSA) is 3.24 Å². The molecule has 0 saturated carbocycles. The molecule has 3 rings (SSSR count). The van der Waals surface area contributed by atoms with Crippen molar-refractivity contribution in [1.29, 1.82) is 0 Å². The van der Waals surface area contributed by atoms with Crippen LogP contribution in [0.1, 0.15) is 11.1 Å². The molecule has 0 radical (unpaired) electrons. The molecule has 2 aromatic carbocycles. The Balaban J connectivity index is 1.92. The third kappa shape index (κ3) is 2.15. The van der Waals surface area contributed by atoms with Gasteiger partial charge in [-0.3, -0.25) is 0 Å². The van der Waals surface area contributed by atoms with E-state index in [0.29, 0.717) is 5.69 Å². The van der Waals surface area contributed by atoms with Crippen LogP contribution in [0, 0.1) is 5.82 Å². The van der Waals surface area contributed by atoms with E-state index in [9.17, 15) is 4.39 Å². The summed E-state index contributed by atoms with van der Waals surface area (Å²) < 4.78 is 14.7. The molecule has 0 aliphatic carbocycles. The second-order valence-electron chi connectivity index (χ2n) is 4.54. The van der Waals surface area contributed by atoms with E-state index in [0.717, 1.165) is 24.0 Å². The SMILES string of the molecule is Fc1cc(Br)ccc1N1CCc2ccccc2C1. The molecule has 1 aliphatic rings. The summed E-state index contributed by atoms with van der Waals surface area (Å²) in [5.74, 6) is -0.163. The zero-order valence-electron chi connectivity index (χ0n) is 9.87. The fourth-order valence-electron chi connectivity index (χ4n) is 2.44. The van der Waals surface area contributed by atoms with Crippen LogP contribution in [0.25, 0.3) is 0 Å². The van der Waals surface area contributed by atoms with Crippen LogP contribution in [0.4, 0.5) is 10.1 Å². The first-order chi connectivity index (χ1) is 8.74. The van der Waals surface area contributed by atoms with E-state index in [1.54, 1.807) is 0 Å². The first kappa shape index (κ1) is 11.7. The van der Waals surface area contributed by atoms with Crippen molar-refractivity contribution in [3.63, 3.8) is 0 Å². The molecule has 1 aliphatic heterocycles. The smallest absolute Gasteiger partial charge is 0.147 e. The van der Waals surface area contributed by atoms with Gasteiger partial charge in [-0.1, -0.05) is 40.2 Å². The van der Waals surface area contributed by atoms with Crippen LogP contribution in [0.15, 0.2) is 46.9 Å². The number of fused-ring (bicyclic) bond motifs is 1. The molecule has 0 atom stereocenters. The fraction of sp³-hybridized carbons (Fsp3) is 0.200. The van der Waals surface area contributed by atoms with E-state index in [1.807, 2.05) is 18.2 Å². The Labute approximate surface area is 114 Å². The predicted octanol–water partition coefficient (Wildman–Crippen LogP) is 4.15. The van der Waals surface area contributed by atoms with Crippen molar-refractivity contribution in [2.75, 3.05) is 11.4 Å². The Morgan fingerprint density at radius 3 is 2.61 bits per heavy atom. The molecule has 0 fully saturated rings. The number of halogens is 2. The molecular weight excluding hydrogens is 293 g/mol. The van der Waals surface area contributed by atoms with Crippen LogP contribution >= 0.6 is 15.9 Å². The zero-order valence-corrected chi connectivity index (χ0v) is 11.5. The van der Waals surface area contributed by atoms with Gasteiger partial charge in [0.15, 0.2) is 0 Å². The molecule has 0 aromatic heterocycles. The van der Waals surface area contributed by atoms with Crippen molar-refractivity contribution in [2.24, 2.45) is 0 Å². The summed E-state index contributed by atoms with van der Waals surface area (Å²) in [6.07, 6.45) is 0.978. The molecule has 3 heteroatoms. The molecule has 2 aromatic rings. The molecule has 1 nitrogen and oxygen atoms in total. The van der Waals surface area contributed by atoms with Crippen LogP contribution in [-0.4, -0.2) is 6.54 Å². The maximum absolute atomic E-state index is 13.9. The van der Waals surface area contributed by atoms with Crippen LogP contribution in [0.2, 0.25) is 0 Å². The lowest BCUT2D eigenvalue weighted by molar-refractivity contribution is 0.609. The van der Waals surface area contributed by atoms with Gasteiger partial charge >= 0.3 is 0 Å². The molecule has 0 bridgehead atoms. The number of benzene rings is 2. The molecule has 0 N–H and O–H groups in total. The van der Waals surface area contributed by atoms with Crippen LogP contribution < -0.4 is 4.90 Å². The van der Waals surface area contributed by atoms with Gasteiger partial charge < -0.3 is 4.90 Å². The first-order valence-electron chi connectivity index (χ1n) is 6.01. The van der Waals surface area contributed by atoms with Crippen molar-refractivity contribution in [2.45, 2.75) is 13.0 Å². The second-order valence-corrected chi connectivity index (χ2v) is 5.45. The monoisotopic (exact) mass is 305 g/mol. The highest BCUT2D eigenvalue weighted by molar-refractivity contribution is 9.10. The van der Waals surface area contributed by atoms with Crippen molar-refractivity contribution in [1.82, 2.24) is 0 Å². The van der Waals surface area contributed by atoms with Gasteiger partial charge in [0.25, 0.3) is 0 Å². The van der Waals surface area contributed by atoms with Gasteiger partial charge in [0, 0.05) is 17.6 Å². The summed E-state index contributed by atoms with van der Waals surface area (Å²) in [7, 11) is 0. The van der Waals surface area contributed by atoms with Crippen molar-refractivity contribution in [3.8, 4) is 0 Å². The number of anilines is 1. The number of hydrogen-bond acceptors (Lipinski definition) is 1. The average Bonchev–Trinajstić information content (AvgIpc) is 2.38. The van der Waals surface area contributed by atoms with Gasteiger partial charge in [0.05, 0.1) is 5.69 Å². The average molecular weight is 306 g/mol. The van der Waals surface area contributed by atoms with E-state index in [1.165, 1.54) is 17.2 Å². The summed E-state index contributed by atoms with van der Waals surface area (Å²) in [6, 6.07) is 13.6. The lowest BCUT2D eigenvalue weighted by atomic mass is 9.99. The normalized spacial score (nSPS) is 14.4. The minimum absolute atomic E-state index is 0.163. The summed E-state index contributed by atoms with van der Waals surface area (Å²) in [6.45, 7) is 1.66. The largest absolute Gasteiger partial charge is 0.364 e. The quantitative estimate of drug-likeness (QED) is 0.765. The molecular formula is C15H13BrFN. The Bertz CT molecular complexity index is 582.